The predicted molar refractivity (Wildman–Crippen MR) is 252 cm³/mol. The van der Waals surface area contributed by atoms with Crippen molar-refractivity contribution in [1.82, 2.24) is 18.7 Å². The molecule has 0 unspecified atom stereocenters. The van der Waals surface area contributed by atoms with Gasteiger partial charge in [-0.1, -0.05) is 118 Å². The largest absolute Gasteiger partial charge is 2.00 e. The van der Waals surface area contributed by atoms with Gasteiger partial charge in [-0.3, -0.25) is 0 Å². The molecule has 8 heteroatoms. The molecule has 0 bridgehead atoms. The molecule has 7 aromatic carbocycles. The summed E-state index contributed by atoms with van der Waals surface area (Å²) < 4.78 is 41.6. The van der Waals surface area contributed by atoms with Gasteiger partial charge in [-0.15, -0.1) is 23.6 Å². The minimum Gasteiger partial charge on any atom is -0.509 e. The Kier molecular flexibility index (Phi) is 10.9. The second kappa shape index (κ2) is 16.4. The fourth-order valence-electron chi connectivity index (χ4n) is 8.34. The van der Waals surface area contributed by atoms with Gasteiger partial charge in [0, 0.05) is 35.3 Å². The van der Waals surface area contributed by atoms with Crippen LogP contribution in [0.1, 0.15) is 52.7 Å². The molecule has 0 N–H and O–H groups in total. The standard InChI is InChI=1S/C56H44F2N4O.Pt/c1-55(2,3)38-28-29-59-53(32-38)62-49-15-8-7-14-45(49)46-27-26-44(34-52(46)62)63-43-13-11-12-42(33-43)60-35-61(51-17-10-9-16-50(51)60)54-47(36-18-22-40(57)23-19-36)30-39(56(4,5)6)31-48(54)37-20-24-41(58)25-21-37;/h7-32H,1-6H3;/q;+2. The van der Waals surface area contributed by atoms with Gasteiger partial charge >= 0.3 is 27.1 Å². The maximum absolute atomic E-state index is 14.4. The van der Waals surface area contributed by atoms with Gasteiger partial charge in [0.2, 0.25) is 5.69 Å². The average molecular weight is 1020 g/mol. The molecule has 0 amide bonds. The zero-order valence-electron chi connectivity index (χ0n) is 36.3. The van der Waals surface area contributed by atoms with E-state index in [2.05, 4.69) is 119 Å². The minimum absolute atomic E-state index is 0. The van der Waals surface area contributed by atoms with E-state index in [9.17, 15) is 8.78 Å². The molecule has 64 heavy (non-hydrogen) atoms. The van der Waals surface area contributed by atoms with Crippen molar-refractivity contribution >= 4 is 50.6 Å². The Morgan fingerprint density at radius 3 is 1.81 bits per heavy atom. The first-order valence-electron chi connectivity index (χ1n) is 21.1. The number of aromatic nitrogens is 2. The molecule has 2 aromatic heterocycles. The zero-order chi connectivity index (χ0) is 43.6. The van der Waals surface area contributed by atoms with Crippen LogP contribution >= 0.6 is 0 Å². The van der Waals surface area contributed by atoms with Crippen LogP contribution in [0.3, 0.4) is 0 Å². The van der Waals surface area contributed by atoms with E-state index in [0.717, 1.165) is 72.5 Å². The SMILES string of the molecule is CC(C)(C)c1ccnc(-n2c3[c-]c(Oc4[c-]c([N+]5=C=[N+](c6c(-c7ccc(F)cc7)cc(C(C)(C)C)cc6-c6ccc(F)cc6)c6ccccc65)ccc4)ccc3c3ccccc32)c1.[Pt+2]. The van der Waals surface area contributed by atoms with E-state index in [0.29, 0.717) is 17.2 Å². The van der Waals surface area contributed by atoms with Gasteiger partial charge in [0.25, 0.3) is 11.4 Å². The van der Waals surface area contributed by atoms with Gasteiger partial charge in [0.1, 0.15) is 23.1 Å². The smallest absolute Gasteiger partial charge is 0.509 e. The molecular weight excluding hydrogens is 978 g/mol. The van der Waals surface area contributed by atoms with Crippen LogP contribution in [0.5, 0.6) is 11.5 Å². The number of para-hydroxylation sites is 3. The Hall–Kier alpha value is -6.78. The third kappa shape index (κ3) is 7.80. The number of rotatable bonds is 7. The van der Waals surface area contributed by atoms with E-state index in [1.165, 1.54) is 29.8 Å². The van der Waals surface area contributed by atoms with Crippen molar-refractivity contribution in [1.29, 1.82) is 0 Å². The van der Waals surface area contributed by atoms with Crippen LogP contribution < -0.4 is 13.9 Å². The van der Waals surface area contributed by atoms with Crippen LogP contribution in [0.15, 0.2) is 158 Å². The summed E-state index contributed by atoms with van der Waals surface area (Å²) in [6.45, 7) is 13.1. The maximum Gasteiger partial charge on any atom is 2.00 e. The van der Waals surface area contributed by atoms with Crippen LogP contribution in [-0.4, -0.2) is 15.6 Å². The molecule has 0 saturated carbocycles. The molecule has 316 valence electrons. The molecule has 9 aromatic rings. The predicted octanol–water partition coefficient (Wildman–Crippen LogP) is 14.6. The van der Waals surface area contributed by atoms with Gasteiger partial charge in [-0.05, 0) is 97.6 Å². The van der Waals surface area contributed by atoms with Gasteiger partial charge in [-0.25, -0.2) is 13.8 Å². The fraction of sp³-hybridized carbons (Fsp3) is 0.143. The Morgan fingerprint density at radius 2 is 1.17 bits per heavy atom. The summed E-state index contributed by atoms with van der Waals surface area (Å²) in [7, 11) is 0. The average Bonchev–Trinajstić information content (AvgIpc) is 3.82. The molecule has 0 spiro atoms. The van der Waals surface area contributed by atoms with Crippen LogP contribution in [0.2, 0.25) is 0 Å². The monoisotopic (exact) mass is 1020 g/mol. The van der Waals surface area contributed by atoms with Gasteiger partial charge in [0.15, 0.2) is 0 Å². The van der Waals surface area contributed by atoms with Crippen molar-refractivity contribution < 1.29 is 34.6 Å². The summed E-state index contributed by atoms with van der Waals surface area (Å²) in [4.78, 5) is 4.83. The first kappa shape index (κ1) is 42.5. The Balaban J connectivity index is 0.00000518. The van der Waals surface area contributed by atoms with Crippen molar-refractivity contribution in [2.45, 2.75) is 52.4 Å². The summed E-state index contributed by atoms with van der Waals surface area (Å²) in [6, 6.07) is 58.7. The quantitative estimate of drug-likeness (QED) is 0.118. The molecule has 0 radical (unpaired) electrons. The molecule has 3 heterocycles. The minimum atomic E-state index is -0.317. The van der Waals surface area contributed by atoms with Crippen molar-refractivity contribution in [2.75, 3.05) is 0 Å². The van der Waals surface area contributed by atoms with E-state index in [1.54, 1.807) is 24.3 Å². The molecule has 0 atom stereocenters. The number of nitrogens with zero attached hydrogens (tertiary/aromatic N) is 4. The Morgan fingerprint density at radius 1 is 0.578 bits per heavy atom. The number of hydrogen-bond acceptors (Lipinski definition) is 2. The Bertz CT molecular complexity index is 3270. The molecule has 5 nitrogen and oxygen atoms in total. The number of fused-ring (bicyclic) bond motifs is 4. The molecule has 1 aliphatic heterocycles. The van der Waals surface area contributed by atoms with Crippen molar-refractivity contribution in [3.8, 4) is 39.6 Å². The van der Waals surface area contributed by atoms with E-state index < -0.39 is 0 Å². The van der Waals surface area contributed by atoms with E-state index in [4.69, 9.17) is 9.72 Å². The number of ether oxygens (including phenoxy) is 1. The van der Waals surface area contributed by atoms with Gasteiger partial charge in [0.05, 0.1) is 11.1 Å². The molecular formula is C56H44F2N4OPt+2. The molecule has 10 rings (SSSR count). The summed E-state index contributed by atoms with van der Waals surface area (Å²) in [6.07, 6.45) is 1.87. The summed E-state index contributed by atoms with van der Waals surface area (Å²) in [5, 5.41) is 2.15. The third-order valence-electron chi connectivity index (χ3n) is 11.7. The molecule has 0 aliphatic carbocycles. The summed E-state index contributed by atoms with van der Waals surface area (Å²) in [5.41, 5.74) is 10.6. The first-order chi connectivity index (χ1) is 30.3. The molecule has 0 fully saturated rings. The van der Waals surface area contributed by atoms with Crippen molar-refractivity contribution in [2.24, 2.45) is 0 Å². The summed E-state index contributed by atoms with van der Waals surface area (Å²) in [5.74, 6) is 1.22. The molecule has 1 aliphatic rings. The zero-order valence-corrected chi connectivity index (χ0v) is 38.6. The second-order valence-electron chi connectivity index (χ2n) is 18.0. The summed E-state index contributed by atoms with van der Waals surface area (Å²) >= 11 is 0. The Labute approximate surface area is 386 Å². The fourth-order valence-corrected chi connectivity index (χ4v) is 8.34. The van der Waals surface area contributed by atoms with Crippen LogP contribution in [-0.2, 0) is 31.9 Å². The first-order valence-corrected chi connectivity index (χ1v) is 21.1. The second-order valence-corrected chi connectivity index (χ2v) is 18.0. The van der Waals surface area contributed by atoms with Gasteiger partial charge in [-0.2, -0.15) is 12.1 Å². The van der Waals surface area contributed by atoms with Crippen LogP contribution in [0, 0.1) is 23.8 Å². The van der Waals surface area contributed by atoms with E-state index >= 15 is 0 Å². The number of halogens is 2. The normalized spacial score (nSPS) is 12.5. The topological polar surface area (TPSA) is 33.1 Å². The van der Waals surface area contributed by atoms with E-state index in [1.807, 2.05) is 63.9 Å². The number of hydrogen-bond donors (Lipinski definition) is 0. The number of benzene rings is 7. The van der Waals surface area contributed by atoms with Crippen LogP contribution in [0.4, 0.5) is 31.5 Å². The maximum atomic E-state index is 14.4. The van der Waals surface area contributed by atoms with Crippen molar-refractivity contribution in [3.63, 3.8) is 0 Å². The van der Waals surface area contributed by atoms with Crippen LogP contribution in [0.25, 0.3) is 49.9 Å². The third-order valence-corrected chi connectivity index (χ3v) is 11.7. The van der Waals surface area contributed by atoms with Gasteiger partial charge < -0.3 is 9.30 Å². The molecule has 0 saturated heterocycles. The van der Waals surface area contributed by atoms with E-state index in [-0.39, 0.29) is 43.5 Å². The number of pyridine rings is 1. The van der Waals surface area contributed by atoms with Crippen molar-refractivity contribution in [3.05, 3.63) is 193 Å².